The van der Waals surface area contributed by atoms with Crippen molar-refractivity contribution < 1.29 is 17.9 Å². The standard InChI is InChI=1S/C21H25NO4S/c1-16-9-11-18(12-10-16)26-19-8-4-3-7-17(19)15-22-20(23)21(27(2,24)25)13-5-6-14-21/h3-4,7-12H,5-6,13-15H2,1-2H3,(H,22,23). The Kier molecular flexibility index (Phi) is 5.56. The van der Waals surface area contributed by atoms with Crippen molar-refractivity contribution >= 4 is 15.7 Å². The molecule has 3 rings (SSSR count). The third-order valence-electron chi connectivity index (χ3n) is 5.20. The van der Waals surface area contributed by atoms with Crippen molar-refractivity contribution in [2.75, 3.05) is 6.26 Å². The quantitative estimate of drug-likeness (QED) is 0.819. The first kappa shape index (κ1) is 19.4. The first-order valence-corrected chi connectivity index (χ1v) is 11.0. The number of benzene rings is 2. The SMILES string of the molecule is Cc1ccc(Oc2ccccc2CNC(=O)C2(S(C)(=O)=O)CCCC2)cc1. The van der Waals surface area contributed by atoms with Gasteiger partial charge in [0.15, 0.2) is 9.84 Å². The molecule has 1 N–H and O–H groups in total. The van der Waals surface area contributed by atoms with E-state index in [2.05, 4.69) is 5.32 Å². The highest BCUT2D eigenvalue weighted by atomic mass is 32.2. The van der Waals surface area contributed by atoms with Gasteiger partial charge in [0.2, 0.25) is 5.91 Å². The Morgan fingerprint density at radius 2 is 1.70 bits per heavy atom. The van der Waals surface area contributed by atoms with Gasteiger partial charge in [-0.15, -0.1) is 0 Å². The second-order valence-corrected chi connectivity index (χ2v) is 9.50. The minimum Gasteiger partial charge on any atom is -0.457 e. The minimum absolute atomic E-state index is 0.220. The molecular weight excluding hydrogens is 362 g/mol. The molecule has 1 saturated carbocycles. The van der Waals surface area contributed by atoms with Crippen LogP contribution in [-0.2, 0) is 21.2 Å². The molecule has 6 heteroatoms. The first-order valence-electron chi connectivity index (χ1n) is 9.12. The zero-order chi connectivity index (χ0) is 19.5. The predicted octanol–water partition coefficient (Wildman–Crippen LogP) is 3.76. The van der Waals surface area contributed by atoms with Crippen LogP contribution in [0.1, 0.15) is 36.8 Å². The molecular formula is C21H25NO4S. The lowest BCUT2D eigenvalue weighted by Crippen LogP contribution is -2.50. The van der Waals surface area contributed by atoms with E-state index in [-0.39, 0.29) is 6.54 Å². The molecule has 2 aromatic rings. The van der Waals surface area contributed by atoms with Crippen LogP contribution in [0.15, 0.2) is 48.5 Å². The van der Waals surface area contributed by atoms with Crippen LogP contribution in [0.4, 0.5) is 0 Å². The molecule has 1 aliphatic rings. The first-order chi connectivity index (χ1) is 12.8. The highest BCUT2D eigenvalue weighted by molar-refractivity contribution is 7.92. The second-order valence-electron chi connectivity index (χ2n) is 7.18. The number of aryl methyl sites for hydroxylation is 1. The zero-order valence-electron chi connectivity index (χ0n) is 15.7. The van der Waals surface area contributed by atoms with E-state index in [1.807, 2.05) is 55.5 Å². The van der Waals surface area contributed by atoms with E-state index in [0.717, 1.165) is 30.2 Å². The van der Waals surface area contributed by atoms with Gasteiger partial charge in [0.25, 0.3) is 0 Å². The van der Waals surface area contributed by atoms with Gasteiger partial charge in [0.1, 0.15) is 16.2 Å². The van der Waals surface area contributed by atoms with Gasteiger partial charge in [0, 0.05) is 18.4 Å². The Balaban J connectivity index is 1.75. The zero-order valence-corrected chi connectivity index (χ0v) is 16.5. The molecule has 0 saturated heterocycles. The highest BCUT2D eigenvalue weighted by Gasteiger charge is 2.49. The Hall–Kier alpha value is -2.34. The van der Waals surface area contributed by atoms with E-state index in [4.69, 9.17) is 4.74 Å². The molecule has 0 unspecified atom stereocenters. The molecule has 2 aromatic carbocycles. The van der Waals surface area contributed by atoms with Crippen molar-refractivity contribution in [1.29, 1.82) is 0 Å². The molecule has 0 radical (unpaired) electrons. The maximum Gasteiger partial charge on any atom is 0.241 e. The van der Waals surface area contributed by atoms with Crippen LogP contribution in [-0.4, -0.2) is 25.3 Å². The number of rotatable bonds is 6. The van der Waals surface area contributed by atoms with Crippen LogP contribution in [0.25, 0.3) is 0 Å². The lowest BCUT2D eigenvalue weighted by molar-refractivity contribution is -0.123. The molecule has 1 fully saturated rings. The van der Waals surface area contributed by atoms with Crippen LogP contribution < -0.4 is 10.1 Å². The van der Waals surface area contributed by atoms with Crippen LogP contribution in [0.5, 0.6) is 11.5 Å². The molecule has 144 valence electrons. The second kappa shape index (κ2) is 7.72. The molecule has 0 aromatic heterocycles. The Labute approximate surface area is 160 Å². The number of hydrogen-bond acceptors (Lipinski definition) is 4. The van der Waals surface area contributed by atoms with E-state index in [9.17, 15) is 13.2 Å². The van der Waals surface area contributed by atoms with Crippen molar-refractivity contribution in [3.8, 4) is 11.5 Å². The van der Waals surface area contributed by atoms with Gasteiger partial charge in [-0.25, -0.2) is 8.42 Å². The van der Waals surface area contributed by atoms with Gasteiger partial charge < -0.3 is 10.1 Å². The Bertz CT molecular complexity index is 913. The number of ether oxygens (including phenoxy) is 1. The average Bonchev–Trinajstić information content (AvgIpc) is 3.14. The number of amides is 1. The van der Waals surface area contributed by atoms with Crippen molar-refractivity contribution in [3.63, 3.8) is 0 Å². The minimum atomic E-state index is -3.47. The van der Waals surface area contributed by atoms with E-state index in [1.165, 1.54) is 0 Å². The summed E-state index contributed by atoms with van der Waals surface area (Å²) in [6, 6.07) is 15.2. The summed E-state index contributed by atoms with van der Waals surface area (Å²) in [4.78, 5) is 12.8. The Morgan fingerprint density at radius 1 is 1.07 bits per heavy atom. The normalized spacial score (nSPS) is 16.1. The molecule has 27 heavy (non-hydrogen) atoms. The van der Waals surface area contributed by atoms with Crippen LogP contribution in [0, 0.1) is 6.92 Å². The summed E-state index contributed by atoms with van der Waals surface area (Å²) in [6.45, 7) is 2.23. The average molecular weight is 388 g/mol. The lowest BCUT2D eigenvalue weighted by Gasteiger charge is -2.25. The van der Waals surface area contributed by atoms with E-state index in [0.29, 0.717) is 24.3 Å². The number of hydrogen-bond donors (Lipinski definition) is 1. The van der Waals surface area contributed by atoms with E-state index >= 15 is 0 Å². The molecule has 0 atom stereocenters. The summed E-state index contributed by atoms with van der Waals surface area (Å²) in [5.74, 6) is 0.942. The van der Waals surface area contributed by atoms with Crippen LogP contribution >= 0.6 is 0 Å². The predicted molar refractivity (Wildman–Crippen MR) is 106 cm³/mol. The summed E-state index contributed by atoms with van der Waals surface area (Å²) < 4.78 is 29.2. The summed E-state index contributed by atoms with van der Waals surface area (Å²) in [5.41, 5.74) is 1.94. The smallest absolute Gasteiger partial charge is 0.241 e. The van der Waals surface area contributed by atoms with Gasteiger partial charge in [0.05, 0.1) is 0 Å². The van der Waals surface area contributed by atoms with Crippen LogP contribution in [0.2, 0.25) is 0 Å². The monoisotopic (exact) mass is 387 g/mol. The fourth-order valence-corrected chi connectivity index (χ4v) is 4.97. The van der Waals surface area contributed by atoms with Gasteiger partial charge >= 0.3 is 0 Å². The van der Waals surface area contributed by atoms with Crippen molar-refractivity contribution in [3.05, 3.63) is 59.7 Å². The fourth-order valence-electron chi connectivity index (χ4n) is 3.53. The number of carbonyl (C=O) groups excluding carboxylic acids is 1. The van der Waals surface area contributed by atoms with Crippen molar-refractivity contribution in [1.82, 2.24) is 5.32 Å². The molecule has 0 spiro atoms. The number of nitrogens with one attached hydrogen (secondary N) is 1. The van der Waals surface area contributed by atoms with Gasteiger partial charge in [-0.2, -0.15) is 0 Å². The van der Waals surface area contributed by atoms with Crippen molar-refractivity contribution in [2.24, 2.45) is 0 Å². The lowest BCUT2D eigenvalue weighted by atomic mass is 10.1. The third kappa shape index (κ3) is 4.16. The number of carbonyl (C=O) groups is 1. The molecule has 0 aliphatic heterocycles. The van der Waals surface area contributed by atoms with Crippen molar-refractivity contribution in [2.45, 2.75) is 43.9 Å². The largest absolute Gasteiger partial charge is 0.457 e. The summed E-state index contributed by atoms with van der Waals surface area (Å²) >= 11 is 0. The molecule has 1 aliphatic carbocycles. The van der Waals surface area contributed by atoms with Crippen LogP contribution in [0.3, 0.4) is 0 Å². The summed E-state index contributed by atoms with van der Waals surface area (Å²) in [7, 11) is -3.47. The maximum atomic E-state index is 12.8. The fraction of sp³-hybridized carbons (Fsp3) is 0.381. The van der Waals surface area contributed by atoms with Gasteiger partial charge in [-0.3, -0.25) is 4.79 Å². The van der Waals surface area contributed by atoms with Gasteiger partial charge in [-0.1, -0.05) is 48.7 Å². The Morgan fingerprint density at radius 3 is 2.33 bits per heavy atom. The molecule has 0 heterocycles. The third-order valence-corrected chi connectivity index (χ3v) is 7.21. The maximum absolute atomic E-state index is 12.8. The summed E-state index contributed by atoms with van der Waals surface area (Å²) in [6.07, 6.45) is 3.45. The van der Waals surface area contributed by atoms with E-state index < -0.39 is 20.5 Å². The number of para-hydroxylation sites is 1. The molecule has 0 bridgehead atoms. The molecule has 1 amide bonds. The van der Waals surface area contributed by atoms with E-state index in [1.54, 1.807) is 0 Å². The summed E-state index contributed by atoms with van der Waals surface area (Å²) in [5, 5.41) is 2.83. The topological polar surface area (TPSA) is 72.5 Å². The highest BCUT2D eigenvalue weighted by Crippen LogP contribution is 2.37. The molecule has 5 nitrogen and oxygen atoms in total. The van der Waals surface area contributed by atoms with Gasteiger partial charge in [-0.05, 0) is 38.0 Å². The number of sulfone groups is 1.